The molecule has 1 rings (SSSR count). The molecule has 0 saturated carbocycles. The Labute approximate surface area is 87.7 Å². The molecule has 1 atom stereocenters. The Kier molecular flexibility index (Phi) is 5.09. The summed E-state index contributed by atoms with van der Waals surface area (Å²) in [6, 6.07) is 1.28. The highest BCUT2D eigenvalue weighted by Crippen LogP contribution is 2.13. The molecule has 1 heterocycles. The first kappa shape index (κ1) is 12.2. The minimum Gasteiger partial charge on any atom is -0.388 e. The van der Waals surface area contributed by atoms with Crippen LogP contribution in [0.15, 0.2) is 0 Å². The van der Waals surface area contributed by atoms with E-state index in [0.717, 1.165) is 32.5 Å². The second kappa shape index (κ2) is 5.85. The first-order valence-electron chi connectivity index (χ1n) is 5.32. The van der Waals surface area contributed by atoms with Gasteiger partial charge in [-0.2, -0.15) is 0 Å². The highest BCUT2D eigenvalue weighted by Gasteiger charge is 2.23. The molecule has 0 aromatic rings. The molecule has 84 valence electrons. The minimum absolute atomic E-state index is 0.402. The van der Waals surface area contributed by atoms with Gasteiger partial charge >= 0.3 is 0 Å². The number of rotatable bonds is 8. The van der Waals surface area contributed by atoms with E-state index in [9.17, 15) is 0 Å². The van der Waals surface area contributed by atoms with Crippen LogP contribution in [0.5, 0.6) is 0 Å². The summed E-state index contributed by atoms with van der Waals surface area (Å²) in [5.41, 5.74) is 0. The van der Waals surface area contributed by atoms with Gasteiger partial charge in [0, 0.05) is 19.9 Å². The molecule has 0 N–H and O–H groups in total. The summed E-state index contributed by atoms with van der Waals surface area (Å²) in [5, 5.41) is 0. The lowest BCUT2D eigenvalue weighted by atomic mass is 10.5. The van der Waals surface area contributed by atoms with Gasteiger partial charge in [-0.25, -0.2) is 0 Å². The topological polar surface area (TPSA) is 31.0 Å². The normalized spacial score (nSPS) is 21.2. The van der Waals surface area contributed by atoms with Crippen LogP contribution < -0.4 is 0 Å². The number of ether oxygens (including phenoxy) is 3. The molecule has 0 bridgehead atoms. The smallest absolute Gasteiger partial charge is 0.104 e. The van der Waals surface area contributed by atoms with Crippen LogP contribution in [0, 0.1) is 0 Å². The minimum atomic E-state index is -1.10. The largest absolute Gasteiger partial charge is 0.388 e. The fourth-order valence-electron chi connectivity index (χ4n) is 1.49. The van der Waals surface area contributed by atoms with Crippen molar-refractivity contribution in [2.45, 2.75) is 31.7 Å². The van der Waals surface area contributed by atoms with Crippen molar-refractivity contribution in [2.24, 2.45) is 0 Å². The zero-order valence-electron chi connectivity index (χ0n) is 9.54. The van der Waals surface area contributed by atoms with E-state index in [4.69, 9.17) is 14.2 Å². The van der Waals surface area contributed by atoms with Gasteiger partial charge in [0.2, 0.25) is 0 Å². The van der Waals surface area contributed by atoms with E-state index in [1.807, 2.05) is 0 Å². The van der Waals surface area contributed by atoms with E-state index in [1.165, 1.54) is 6.04 Å². The quantitative estimate of drug-likeness (QED) is 0.353. The molecule has 0 aliphatic carbocycles. The predicted molar refractivity (Wildman–Crippen MR) is 59.3 cm³/mol. The first-order chi connectivity index (χ1) is 6.64. The van der Waals surface area contributed by atoms with Gasteiger partial charge in [0.1, 0.15) is 6.10 Å². The Balaban J connectivity index is 1.90. The van der Waals surface area contributed by atoms with Crippen molar-refractivity contribution >= 4 is 8.07 Å². The number of hydrogen-bond acceptors (Lipinski definition) is 3. The highest BCUT2D eigenvalue weighted by molar-refractivity contribution is 6.77. The van der Waals surface area contributed by atoms with Gasteiger partial charge in [0.25, 0.3) is 0 Å². The third-order valence-electron chi connectivity index (χ3n) is 2.38. The fraction of sp³-hybridized carbons (Fsp3) is 1.00. The fourth-order valence-corrected chi connectivity index (χ4v) is 3.52. The van der Waals surface area contributed by atoms with Crippen molar-refractivity contribution in [2.75, 3.05) is 33.2 Å². The van der Waals surface area contributed by atoms with Crippen molar-refractivity contribution in [1.82, 2.24) is 0 Å². The number of methoxy groups -OCH3 is 1. The molecule has 0 radical (unpaired) electrons. The average molecular weight is 218 g/mol. The van der Waals surface area contributed by atoms with Crippen molar-refractivity contribution in [3.8, 4) is 0 Å². The molecule has 0 amide bonds. The van der Waals surface area contributed by atoms with E-state index >= 15 is 0 Å². The van der Waals surface area contributed by atoms with Gasteiger partial charge in [-0.05, 0) is 6.42 Å². The van der Waals surface area contributed by atoms with Crippen molar-refractivity contribution < 1.29 is 14.2 Å². The summed E-state index contributed by atoms with van der Waals surface area (Å²) in [7, 11) is 0.689. The molecule has 4 heteroatoms. The molecule has 3 nitrogen and oxygen atoms in total. The van der Waals surface area contributed by atoms with Crippen LogP contribution in [0.25, 0.3) is 0 Å². The van der Waals surface area contributed by atoms with Gasteiger partial charge in [-0.3, -0.25) is 0 Å². The van der Waals surface area contributed by atoms with Crippen molar-refractivity contribution in [3.05, 3.63) is 0 Å². The van der Waals surface area contributed by atoms with E-state index in [1.54, 1.807) is 7.11 Å². The first-order valence-corrected chi connectivity index (χ1v) is 8.74. The molecule has 14 heavy (non-hydrogen) atoms. The average Bonchev–Trinajstić information content (AvgIpc) is 2.87. The summed E-state index contributed by atoms with van der Waals surface area (Å²) in [6.07, 6.45) is 2.52. The second-order valence-electron chi connectivity index (χ2n) is 4.73. The molecule has 0 aromatic heterocycles. The Morgan fingerprint density at radius 2 is 2.14 bits per heavy atom. The molecule has 1 aliphatic heterocycles. The van der Waals surface area contributed by atoms with Crippen LogP contribution >= 0.6 is 0 Å². The molecular formula is C10H22O3Si. The lowest BCUT2D eigenvalue weighted by Gasteiger charge is -2.20. The summed E-state index contributed by atoms with van der Waals surface area (Å²) < 4.78 is 15.8. The van der Waals surface area contributed by atoms with Gasteiger partial charge in [-0.15, -0.1) is 0 Å². The van der Waals surface area contributed by atoms with Crippen LogP contribution in [-0.2, 0) is 14.2 Å². The highest BCUT2D eigenvalue weighted by atomic mass is 28.3. The zero-order valence-corrected chi connectivity index (χ0v) is 10.5. The van der Waals surface area contributed by atoms with E-state index < -0.39 is 8.07 Å². The Bertz CT molecular complexity index is 157. The molecule has 0 spiro atoms. The molecule has 1 saturated heterocycles. The van der Waals surface area contributed by atoms with Crippen LogP contribution in [0.3, 0.4) is 0 Å². The SMILES string of the molecule is COC[Si](C)(C)CCCOCC1CO1. The van der Waals surface area contributed by atoms with Crippen molar-refractivity contribution in [3.63, 3.8) is 0 Å². The van der Waals surface area contributed by atoms with Crippen LogP contribution in [0.4, 0.5) is 0 Å². The standard InChI is InChI=1S/C10H22O3Si/c1-11-9-14(2,3)6-4-5-12-7-10-8-13-10/h10H,4-9H2,1-3H3. The Morgan fingerprint density at radius 3 is 2.71 bits per heavy atom. The third-order valence-corrected chi connectivity index (χ3v) is 5.16. The second-order valence-corrected chi connectivity index (χ2v) is 9.85. The van der Waals surface area contributed by atoms with Gasteiger partial charge in [-0.1, -0.05) is 19.1 Å². The van der Waals surface area contributed by atoms with Gasteiger partial charge < -0.3 is 14.2 Å². The maximum atomic E-state index is 5.49. The third kappa shape index (κ3) is 5.75. The zero-order chi connectivity index (χ0) is 10.4. The summed E-state index contributed by atoms with van der Waals surface area (Å²) in [4.78, 5) is 0. The number of epoxide rings is 1. The van der Waals surface area contributed by atoms with E-state index in [-0.39, 0.29) is 0 Å². The summed E-state index contributed by atoms with van der Waals surface area (Å²) in [6.45, 7) is 7.27. The molecular weight excluding hydrogens is 196 g/mol. The van der Waals surface area contributed by atoms with E-state index in [2.05, 4.69) is 13.1 Å². The van der Waals surface area contributed by atoms with Crippen molar-refractivity contribution in [1.29, 1.82) is 0 Å². The van der Waals surface area contributed by atoms with Crippen LogP contribution in [-0.4, -0.2) is 47.3 Å². The van der Waals surface area contributed by atoms with Crippen LogP contribution in [0.2, 0.25) is 19.1 Å². The monoisotopic (exact) mass is 218 g/mol. The lowest BCUT2D eigenvalue weighted by molar-refractivity contribution is 0.116. The van der Waals surface area contributed by atoms with Gasteiger partial charge in [0.05, 0.1) is 21.3 Å². The Hall–Kier alpha value is 0.0969. The molecule has 0 aromatic carbocycles. The number of hydrogen-bond donors (Lipinski definition) is 0. The van der Waals surface area contributed by atoms with Gasteiger partial charge in [0.15, 0.2) is 0 Å². The summed E-state index contributed by atoms with van der Waals surface area (Å²) >= 11 is 0. The summed E-state index contributed by atoms with van der Waals surface area (Å²) in [5.74, 6) is 0. The predicted octanol–water partition coefficient (Wildman–Crippen LogP) is 1.69. The van der Waals surface area contributed by atoms with Crippen LogP contribution in [0.1, 0.15) is 6.42 Å². The molecule has 1 aliphatic rings. The molecule has 1 unspecified atom stereocenters. The lowest BCUT2D eigenvalue weighted by Crippen LogP contribution is -2.32. The maximum absolute atomic E-state index is 5.49. The Morgan fingerprint density at radius 1 is 1.43 bits per heavy atom. The maximum Gasteiger partial charge on any atom is 0.104 e. The molecule has 1 fully saturated rings. The van der Waals surface area contributed by atoms with E-state index in [0.29, 0.717) is 6.10 Å².